The first-order chi connectivity index (χ1) is 17.7. The fourth-order valence-electron chi connectivity index (χ4n) is 5.21. The molecule has 5 rings (SSSR count). The van der Waals surface area contributed by atoms with Crippen LogP contribution in [0.4, 0.5) is 0 Å². The number of oxazole rings is 1. The summed E-state index contributed by atoms with van der Waals surface area (Å²) in [7, 11) is 0. The van der Waals surface area contributed by atoms with E-state index in [0.717, 1.165) is 47.7 Å². The Labute approximate surface area is 212 Å². The minimum absolute atomic E-state index is 0.469. The Morgan fingerprint density at radius 2 is 1.53 bits per heavy atom. The zero-order valence-electron chi connectivity index (χ0n) is 20.6. The molecule has 1 saturated carbocycles. The van der Waals surface area contributed by atoms with Gasteiger partial charge in [-0.15, -0.1) is 0 Å². The maximum atomic E-state index is 11.1. The van der Waals surface area contributed by atoms with Crippen molar-refractivity contribution in [3.8, 4) is 28.3 Å². The second kappa shape index (κ2) is 11.3. The van der Waals surface area contributed by atoms with E-state index in [1.54, 1.807) is 6.07 Å². The third-order valence-corrected chi connectivity index (χ3v) is 6.91. The van der Waals surface area contributed by atoms with Gasteiger partial charge in [-0.25, -0.2) is 9.78 Å². The number of carbonyl (C=O) groups is 1. The lowest BCUT2D eigenvalue weighted by Gasteiger charge is -2.31. The van der Waals surface area contributed by atoms with E-state index >= 15 is 0 Å². The highest BCUT2D eigenvalue weighted by atomic mass is 17.2. The summed E-state index contributed by atoms with van der Waals surface area (Å²) in [5, 5.41) is 0. The van der Waals surface area contributed by atoms with Gasteiger partial charge in [-0.2, -0.15) is 0 Å². The van der Waals surface area contributed by atoms with Crippen molar-refractivity contribution >= 4 is 5.97 Å². The van der Waals surface area contributed by atoms with Crippen molar-refractivity contribution < 1.29 is 19.0 Å². The van der Waals surface area contributed by atoms with E-state index in [1.165, 1.54) is 31.7 Å². The molecule has 0 spiro atoms. The Bertz CT molecular complexity index is 1230. The summed E-state index contributed by atoms with van der Waals surface area (Å²) in [6.45, 7) is 1.32. The van der Waals surface area contributed by atoms with Crippen molar-refractivity contribution in [2.24, 2.45) is 11.8 Å². The molecule has 3 aromatic carbocycles. The van der Waals surface area contributed by atoms with E-state index in [4.69, 9.17) is 19.2 Å². The smallest absolute Gasteiger partial charge is 0.352 e. The summed E-state index contributed by atoms with van der Waals surface area (Å²) in [6.07, 6.45) is 6.58. The van der Waals surface area contributed by atoms with Crippen LogP contribution in [0.5, 0.6) is 5.75 Å². The first-order valence-electron chi connectivity index (χ1n) is 12.7. The molecule has 5 heteroatoms. The minimum atomic E-state index is -0.469. The Morgan fingerprint density at radius 3 is 2.22 bits per heavy atom. The van der Waals surface area contributed by atoms with Crippen molar-refractivity contribution in [3.63, 3.8) is 0 Å². The summed E-state index contributed by atoms with van der Waals surface area (Å²) >= 11 is 0. The molecule has 1 fully saturated rings. The van der Waals surface area contributed by atoms with Crippen LogP contribution in [-0.2, 0) is 22.5 Å². The Hall–Kier alpha value is -3.86. The third-order valence-electron chi connectivity index (χ3n) is 6.91. The fourth-order valence-corrected chi connectivity index (χ4v) is 5.21. The van der Waals surface area contributed by atoms with Crippen LogP contribution in [0.3, 0.4) is 0 Å². The Morgan fingerprint density at radius 1 is 0.861 bits per heavy atom. The average molecular weight is 482 g/mol. The lowest BCUT2D eigenvalue weighted by Crippen LogP contribution is -2.23. The molecule has 0 amide bonds. The van der Waals surface area contributed by atoms with Gasteiger partial charge in [0.1, 0.15) is 5.69 Å². The molecule has 5 nitrogen and oxygen atoms in total. The van der Waals surface area contributed by atoms with Crippen LogP contribution in [0.25, 0.3) is 22.6 Å². The molecule has 2 unspecified atom stereocenters. The molecule has 1 aliphatic carbocycles. The Kier molecular flexibility index (Phi) is 7.46. The lowest BCUT2D eigenvalue weighted by atomic mass is 9.74. The van der Waals surface area contributed by atoms with E-state index in [-0.39, 0.29) is 0 Å². The van der Waals surface area contributed by atoms with Crippen LogP contribution in [0.1, 0.15) is 44.1 Å². The number of aromatic nitrogens is 1. The molecule has 0 aliphatic heterocycles. The monoisotopic (exact) mass is 481 g/mol. The Balaban J connectivity index is 1.37. The van der Waals surface area contributed by atoms with Crippen molar-refractivity contribution in [3.05, 3.63) is 96.4 Å². The number of hydrogen-bond acceptors (Lipinski definition) is 5. The van der Waals surface area contributed by atoms with Crippen molar-refractivity contribution in [2.45, 2.75) is 45.4 Å². The summed E-state index contributed by atoms with van der Waals surface area (Å²) in [5.41, 5.74) is 4.19. The van der Waals surface area contributed by atoms with E-state index in [9.17, 15) is 4.79 Å². The largest absolute Gasteiger partial charge is 0.440 e. The number of benzene rings is 3. The summed E-state index contributed by atoms with van der Waals surface area (Å²) in [6, 6.07) is 28.3. The van der Waals surface area contributed by atoms with Crippen LogP contribution in [-0.4, -0.2) is 11.0 Å². The molecule has 184 valence electrons. The van der Waals surface area contributed by atoms with E-state index in [0.29, 0.717) is 17.6 Å². The van der Waals surface area contributed by atoms with Crippen molar-refractivity contribution in [2.75, 3.05) is 0 Å². The summed E-state index contributed by atoms with van der Waals surface area (Å²) in [4.78, 5) is 25.9. The van der Waals surface area contributed by atoms with Crippen LogP contribution < -0.4 is 4.89 Å². The molecule has 4 aromatic rings. The highest BCUT2D eigenvalue weighted by Gasteiger charge is 2.28. The number of hydrogen-bond donors (Lipinski definition) is 0. The van der Waals surface area contributed by atoms with Gasteiger partial charge >= 0.3 is 5.97 Å². The lowest BCUT2D eigenvalue weighted by molar-refractivity contribution is -0.210. The minimum Gasteiger partial charge on any atom is -0.440 e. The highest BCUT2D eigenvalue weighted by Crippen LogP contribution is 2.38. The normalized spacial score (nSPS) is 17.5. The van der Waals surface area contributed by atoms with Crippen LogP contribution in [0, 0.1) is 11.8 Å². The third kappa shape index (κ3) is 5.85. The second-order valence-electron chi connectivity index (χ2n) is 9.54. The van der Waals surface area contributed by atoms with Gasteiger partial charge in [0, 0.05) is 24.5 Å². The molecule has 0 saturated heterocycles. The van der Waals surface area contributed by atoms with E-state index in [1.807, 2.05) is 48.5 Å². The van der Waals surface area contributed by atoms with Gasteiger partial charge in [0.05, 0.1) is 0 Å². The number of nitrogens with zero attached hydrogens (tertiary/aromatic N) is 1. The highest BCUT2D eigenvalue weighted by molar-refractivity contribution is 5.76. The van der Waals surface area contributed by atoms with Gasteiger partial charge in [0.25, 0.3) is 0 Å². The predicted octanol–water partition coefficient (Wildman–Crippen LogP) is 7.46. The fraction of sp³-hybridized carbons (Fsp3) is 0.290. The SMILES string of the molecule is CC(=O)OOc1cccc(CC2CCCCC2Cc2nc(-c3ccccc3)c(-c3ccccc3)o2)c1. The number of rotatable bonds is 8. The van der Waals surface area contributed by atoms with Gasteiger partial charge in [-0.05, 0) is 48.8 Å². The average Bonchev–Trinajstić information content (AvgIpc) is 3.34. The van der Waals surface area contributed by atoms with E-state index < -0.39 is 5.97 Å². The van der Waals surface area contributed by atoms with Gasteiger partial charge in [0.15, 0.2) is 17.4 Å². The molecule has 0 radical (unpaired) electrons. The van der Waals surface area contributed by atoms with Crippen LogP contribution in [0.15, 0.2) is 89.3 Å². The quantitative estimate of drug-likeness (QED) is 0.193. The predicted molar refractivity (Wildman–Crippen MR) is 139 cm³/mol. The molecule has 1 aliphatic rings. The molecule has 2 atom stereocenters. The maximum absolute atomic E-state index is 11.1. The zero-order valence-corrected chi connectivity index (χ0v) is 20.6. The van der Waals surface area contributed by atoms with Crippen molar-refractivity contribution in [1.29, 1.82) is 0 Å². The molecular formula is C31H31NO4. The van der Waals surface area contributed by atoms with Crippen LogP contribution >= 0.6 is 0 Å². The van der Waals surface area contributed by atoms with Crippen molar-refractivity contribution in [1.82, 2.24) is 4.98 Å². The zero-order chi connectivity index (χ0) is 24.7. The topological polar surface area (TPSA) is 61.6 Å². The summed E-state index contributed by atoms with van der Waals surface area (Å²) in [5.74, 6) is 2.72. The van der Waals surface area contributed by atoms with E-state index in [2.05, 4.69) is 30.3 Å². The summed E-state index contributed by atoms with van der Waals surface area (Å²) < 4.78 is 6.45. The van der Waals surface area contributed by atoms with Crippen LogP contribution in [0.2, 0.25) is 0 Å². The van der Waals surface area contributed by atoms with Gasteiger partial charge in [-0.3, -0.25) is 9.78 Å². The van der Waals surface area contributed by atoms with Gasteiger partial charge < -0.3 is 4.42 Å². The molecule has 1 aromatic heterocycles. The first-order valence-corrected chi connectivity index (χ1v) is 12.7. The van der Waals surface area contributed by atoms with Gasteiger partial charge in [0.2, 0.25) is 0 Å². The standard InChI is InChI=1S/C31H31NO4/c1-22(33)35-36-28-18-10-11-23(20-28)19-26-16-8-9-17-27(26)21-29-32-30(24-12-4-2-5-13-24)31(34-29)25-14-6-3-7-15-25/h2-7,10-15,18,20,26-27H,8-9,16-17,19,21H2,1H3. The molecule has 0 N–H and O–H groups in total. The second-order valence-corrected chi connectivity index (χ2v) is 9.54. The maximum Gasteiger partial charge on any atom is 0.352 e. The molecular weight excluding hydrogens is 450 g/mol. The number of carbonyl (C=O) groups excluding carboxylic acids is 1. The first kappa shape index (κ1) is 23.9. The van der Waals surface area contributed by atoms with Gasteiger partial charge in [-0.1, -0.05) is 85.6 Å². The molecule has 36 heavy (non-hydrogen) atoms. The molecule has 0 bridgehead atoms. The molecule has 1 heterocycles.